The standard InChI is InChI=1S/C30H31N7O.C2HF3O2/c1-2-5-22(6-3-1)21-35-13-10-25(11-14-35)37-30-26(20-32-37)29(36-15-17-38-18-16-36)33-28(34-30)24-8-9-27-23(19-24)7-4-12-31-27;3-2(4,5)1(6)7/h1-9,12,19-20,25H,10-11,13-18,21H2;(H,6,7). The Balaban J connectivity index is 0.000000460. The van der Waals surface area contributed by atoms with Crippen LogP contribution in [0.1, 0.15) is 24.4 Å². The molecule has 234 valence electrons. The zero-order chi connectivity index (χ0) is 31.4. The van der Waals surface area contributed by atoms with E-state index in [-0.39, 0.29) is 0 Å². The molecule has 5 aromatic rings. The Labute approximate surface area is 257 Å². The van der Waals surface area contributed by atoms with Crippen molar-refractivity contribution < 1.29 is 27.8 Å². The van der Waals surface area contributed by atoms with Crippen LogP contribution in [0.15, 0.2) is 73.1 Å². The first-order chi connectivity index (χ1) is 21.8. The maximum atomic E-state index is 10.6. The Morgan fingerprint density at radius 3 is 2.40 bits per heavy atom. The van der Waals surface area contributed by atoms with E-state index < -0.39 is 12.1 Å². The molecule has 5 heterocycles. The molecular formula is C32H32F3N7O3. The zero-order valence-electron chi connectivity index (χ0n) is 24.4. The molecule has 2 aromatic carbocycles. The summed E-state index contributed by atoms with van der Waals surface area (Å²) < 4.78 is 39.5. The van der Waals surface area contributed by atoms with Crippen molar-refractivity contribution >= 4 is 33.7 Å². The highest BCUT2D eigenvalue weighted by molar-refractivity contribution is 5.90. The molecule has 0 radical (unpaired) electrons. The number of hydrogen-bond acceptors (Lipinski definition) is 8. The van der Waals surface area contributed by atoms with Crippen LogP contribution in [0.3, 0.4) is 0 Å². The average Bonchev–Trinajstić information content (AvgIpc) is 3.49. The van der Waals surface area contributed by atoms with Crippen molar-refractivity contribution in [1.82, 2.24) is 29.6 Å². The van der Waals surface area contributed by atoms with Crippen LogP contribution in [0, 0.1) is 0 Å². The van der Waals surface area contributed by atoms with Crippen molar-refractivity contribution in [2.75, 3.05) is 44.3 Å². The summed E-state index contributed by atoms with van der Waals surface area (Å²) in [5.74, 6) is -1.08. The van der Waals surface area contributed by atoms with E-state index in [1.54, 1.807) is 0 Å². The predicted molar refractivity (Wildman–Crippen MR) is 163 cm³/mol. The third-order valence-electron chi connectivity index (χ3n) is 8.00. The van der Waals surface area contributed by atoms with Crippen LogP contribution in [-0.2, 0) is 16.1 Å². The van der Waals surface area contributed by atoms with E-state index in [4.69, 9.17) is 29.7 Å². The zero-order valence-corrected chi connectivity index (χ0v) is 24.4. The number of ether oxygens (including phenoxy) is 1. The fourth-order valence-corrected chi connectivity index (χ4v) is 5.70. The second kappa shape index (κ2) is 13.2. The molecule has 0 spiro atoms. The molecule has 2 aliphatic heterocycles. The molecule has 13 heteroatoms. The summed E-state index contributed by atoms with van der Waals surface area (Å²) in [7, 11) is 0. The number of aliphatic carboxylic acids is 1. The van der Waals surface area contributed by atoms with Crippen molar-refractivity contribution in [2.45, 2.75) is 31.6 Å². The number of nitrogens with zero attached hydrogens (tertiary/aromatic N) is 7. The average molecular weight is 620 g/mol. The summed E-state index contributed by atoms with van der Waals surface area (Å²) in [6, 6.07) is 21.4. The smallest absolute Gasteiger partial charge is 0.475 e. The van der Waals surface area contributed by atoms with Crippen molar-refractivity contribution in [3.8, 4) is 11.4 Å². The number of carbonyl (C=O) groups is 1. The highest BCUT2D eigenvalue weighted by atomic mass is 19.4. The molecule has 0 amide bonds. The van der Waals surface area contributed by atoms with Gasteiger partial charge in [0, 0.05) is 49.9 Å². The number of morpholine rings is 1. The van der Waals surface area contributed by atoms with E-state index in [0.29, 0.717) is 19.3 Å². The van der Waals surface area contributed by atoms with E-state index in [9.17, 15) is 13.2 Å². The number of anilines is 1. The Hall–Kier alpha value is -4.62. The lowest BCUT2D eigenvalue weighted by atomic mass is 10.0. The van der Waals surface area contributed by atoms with Gasteiger partial charge in [0.2, 0.25) is 0 Å². The van der Waals surface area contributed by atoms with E-state index in [1.165, 1.54) is 5.56 Å². The molecule has 10 nitrogen and oxygen atoms in total. The molecule has 0 aliphatic carbocycles. The van der Waals surface area contributed by atoms with Crippen LogP contribution >= 0.6 is 0 Å². The van der Waals surface area contributed by atoms with Crippen LogP contribution in [0.25, 0.3) is 33.3 Å². The number of likely N-dealkylation sites (tertiary alicyclic amines) is 1. The molecule has 7 rings (SSSR count). The summed E-state index contributed by atoms with van der Waals surface area (Å²) in [5.41, 5.74) is 4.25. The van der Waals surface area contributed by atoms with Gasteiger partial charge < -0.3 is 14.7 Å². The van der Waals surface area contributed by atoms with Gasteiger partial charge in [0.25, 0.3) is 0 Å². The third-order valence-corrected chi connectivity index (χ3v) is 8.00. The van der Waals surface area contributed by atoms with Gasteiger partial charge in [-0.1, -0.05) is 36.4 Å². The van der Waals surface area contributed by atoms with Crippen molar-refractivity contribution in [3.05, 3.63) is 78.6 Å². The molecule has 2 fully saturated rings. The van der Waals surface area contributed by atoms with Crippen LogP contribution in [-0.4, -0.2) is 86.3 Å². The summed E-state index contributed by atoms with van der Waals surface area (Å²) >= 11 is 0. The fourth-order valence-electron chi connectivity index (χ4n) is 5.70. The van der Waals surface area contributed by atoms with E-state index in [0.717, 1.165) is 84.7 Å². The minimum absolute atomic E-state index is 0.320. The van der Waals surface area contributed by atoms with Crippen LogP contribution < -0.4 is 4.90 Å². The van der Waals surface area contributed by atoms with Crippen LogP contribution in [0.2, 0.25) is 0 Å². The number of fused-ring (bicyclic) bond motifs is 2. The number of aromatic nitrogens is 5. The number of benzene rings is 2. The Bertz CT molecular complexity index is 1770. The number of pyridine rings is 1. The second-order valence-electron chi connectivity index (χ2n) is 11.0. The molecule has 1 N–H and O–H groups in total. The summed E-state index contributed by atoms with van der Waals surface area (Å²) in [6.07, 6.45) is 0.810. The Morgan fingerprint density at radius 1 is 0.956 bits per heavy atom. The lowest BCUT2D eigenvalue weighted by Gasteiger charge is -2.32. The molecule has 3 aromatic heterocycles. The Kier molecular flexibility index (Phi) is 8.90. The number of carboxylic acid groups (broad SMARTS) is 1. The third kappa shape index (κ3) is 7.04. The second-order valence-corrected chi connectivity index (χ2v) is 11.0. The summed E-state index contributed by atoms with van der Waals surface area (Å²) in [6.45, 7) is 6.14. The van der Waals surface area contributed by atoms with Gasteiger partial charge in [0.15, 0.2) is 11.5 Å². The molecule has 0 atom stereocenters. The first kappa shape index (κ1) is 30.4. The highest BCUT2D eigenvalue weighted by Crippen LogP contribution is 2.33. The van der Waals surface area contributed by atoms with Gasteiger partial charge in [-0.15, -0.1) is 0 Å². The lowest BCUT2D eigenvalue weighted by Crippen LogP contribution is -2.37. The molecule has 2 saturated heterocycles. The summed E-state index contributed by atoms with van der Waals surface area (Å²) in [5, 5.41) is 14.1. The monoisotopic (exact) mass is 619 g/mol. The van der Waals surface area contributed by atoms with E-state index in [1.807, 2.05) is 24.5 Å². The molecule has 0 saturated carbocycles. The number of carboxylic acids is 1. The number of alkyl halides is 3. The number of hydrogen-bond donors (Lipinski definition) is 1. The molecule has 2 aliphatic rings. The number of rotatable bonds is 5. The minimum atomic E-state index is -5.08. The van der Waals surface area contributed by atoms with Gasteiger partial charge in [-0.25, -0.2) is 19.4 Å². The maximum Gasteiger partial charge on any atom is 0.490 e. The minimum Gasteiger partial charge on any atom is -0.475 e. The molecular weight excluding hydrogens is 587 g/mol. The fraction of sp³-hybridized carbons (Fsp3) is 0.344. The molecule has 0 bridgehead atoms. The topological polar surface area (TPSA) is 110 Å². The normalized spacial score (nSPS) is 16.5. The SMILES string of the molecule is O=C(O)C(F)(F)F.c1ccc(CN2CCC(n3ncc4c(N5CCOCC5)nc(-c5ccc6ncccc6c5)nc43)CC2)cc1. The Morgan fingerprint density at radius 2 is 1.69 bits per heavy atom. The van der Waals surface area contributed by atoms with Gasteiger partial charge >= 0.3 is 12.1 Å². The van der Waals surface area contributed by atoms with Crippen LogP contribution in [0.5, 0.6) is 0 Å². The molecule has 45 heavy (non-hydrogen) atoms. The van der Waals surface area contributed by atoms with E-state index in [2.05, 4.69) is 68.0 Å². The van der Waals surface area contributed by atoms with Crippen molar-refractivity contribution in [2.24, 2.45) is 0 Å². The van der Waals surface area contributed by atoms with Gasteiger partial charge in [0.05, 0.1) is 36.4 Å². The number of halogens is 3. The van der Waals surface area contributed by atoms with Gasteiger partial charge in [-0.3, -0.25) is 9.88 Å². The van der Waals surface area contributed by atoms with Gasteiger partial charge in [-0.2, -0.15) is 18.3 Å². The van der Waals surface area contributed by atoms with Crippen molar-refractivity contribution in [3.63, 3.8) is 0 Å². The largest absolute Gasteiger partial charge is 0.490 e. The summed E-state index contributed by atoms with van der Waals surface area (Å²) in [4.78, 5) is 28.5. The number of piperidine rings is 1. The first-order valence-corrected chi connectivity index (χ1v) is 14.8. The van der Waals surface area contributed by atoms with Crippen LogP contribution in [0.4, 0.5) is 19.0 Å². The first-order valence-electron chi connectivity index (χ1n) is 14.8. The van der Waals surface area contributed by atoms with Crippen molar-refractivity contribution in [1.29, 1.82) is 0 Å². The van der Waals surface area contributed by atoms with E-state index >= 15 is 0 Å². The highest BCUT2D eigenvalue weighted by Gasteiger charge is 2.38. The van der Waals surface area contributed by atoms with Gasteiger partial charge in [-0.05, 0) is 42.7 Å². The quantitative estimate of drug-likeness (QED) is 0.279. The lowest BCUT2D eigenvalue weighted by molar-refractivity contribution is -0.192. The van der Waals surface area contributed by atoms with Gasteiger partial charge in [0.1, 0.15) is 5.82 Å². The maximum absolute atomic E-state index is 10.6. The predicted octanol–water partition coefficient (Wildman–Crippen LogP) is 5.35. The molecule has 0 unspecified atom stereocenters.